The quantitative estimate of drug-likeness (QED) is 0.0935. The Bertz CT molecular complexity index is 1060. The smallest absolute Gasteiger partial charge is 0.344 e. The predicted octanol–water partition coefficient (Wildman–Crippen LogP) is 6.62. The zero-order valence-electron chi connectivity index (χ0n) is 14.9. The van der Waals surface area contributed by atoms with Crippen LogP contribution in [0.2, 0.25) is 0 Å². The van der Waals surface area contributed by atoms with Crippen molar-refractivity contribution in [1.29, 1.82) is 0 Å². The normalized spacial score (nSPS) is 15.3. The van der Waals surface area contributed by atoms with Crippen LogP contribution in [0.4, 0.5) is 0 Å². The van der Waals surface area contributed by atoms with Crippen molar-refractivity contribution in [3.05, 3.63) is 49.7 Å². The molecule has 1 saturated carbocycles. The second-order valence-electron chi connectivity index (χ2n) is 6.75. The van der Waals surface area contributed by atoms with Crippen LogP contribution in [-0.2, 0) is 10.1 Å². The molecule has 3 rings (SSSR count). The lowest BCUT2D eigenvalue weighted by Gasteiger charge is -2.24. The minimum absolute atomic E-state index is 0.0275. The fourth-order valence-corrected chi connectivity index (χ4v) is 7.47. The molecule has 29 heavy (non-hydrogen) atoms. The summed E-state index contributed by atoms with van der Waals surface area (Å²) in [5, 5.41) is 0. The van der Waals surface area contributed by atoms with Gasteiger partial charge < -0.3 is 4.74 Å². The molecule has 1 fully saturated rings. The summed E-state index contributed by atoms with van der Waals surface area (Å²) in [5.74, 6) is -0.183. The maximum absolute atomic E-state index is 12.8. The Hall–Kier alpha value is 0.740. The first kappa shape index (κ1) is 24.4. The van der Waals surface area contributed by atoms with E-state index in [1.54, 1.807) is 12.1 Å². The molecular formula is C19H16I4O5S. The van der Waals surface area contributed by atoms with Crippen molar-refractivity contribution in [2.45, 2.75) is 42.9 Å². The number of ether oxygens (including phenoxy) is 1. The molecule has 0 aromatic heterocycles. The molecule has 5 nitrogen and oxygen atoms in total. The molecule has 0 radical (unpaired) electrons. The molecule has 0 bridgehead atoms. The van der Waals surface area contributed by atoms with Gasteiger partial charge in [-0.2, -0.15) is 8.42 Å². The Morgan fingerprint density at radius 1 is 0.966 bits per heavy atom. The maximum atomic E-state index is 12.8. The van der Waals surface area contributed by atoms with Crippen LogP contribution >= 0.6 is 90.4 Å². The van der Waals surface area contributed by atoms with Gasteiger partial charge in [0.25, 0.3) is 10.1 Å². The standard InChI is InChI=1S/C19H16I4O5S/c20-14-9-13(16(21)18(23)17(14)22)19(24)28-11-6-7-15(29(25,26)27)12(8-11)10-4-2-1-3-5-10/h6-10H,1-5H2,(H,25,26,27). The fourth-order valence-electron chi connectivity index (χ4n) is 3.44. The summed E-state index contributed by atoms with van der Waals surface area (Å²) in [7, 11) is -4.35. The molecule has 0 unspecified atom stereocenters. The lowest BCUT2D eigenvalue weighted by atomic mass is 9.84. The SMILES string of the molecule is O=C(Oc1ccc(S(=O)(=O)O)c(C2CCCCC2)c1)c1cc(I)c(I)c(I)c1I. The zero-order chi connectivity index (χ0) is 21.3. The molecule has 1 aliphatic rings. The molecule has 156 valence electrons. The highest BCUT2D eigenvalue weighted by atomic mass is 127. The van der Waals surface area contributed by atoms with Gasteiger partial charge in [-0.05, 0) is 139 Å². The van der Waals surface area contributed by atoms with Crippen LogP contribution in [0.15, 0.2) is 29.2 Å². The van der Waals surface area contributed by atoms with E-state index in [1.807, 2.05) is 0 Å². The molecule has 10 heteroatoms. The van der Waals surface area contributed by atoms with E-state index in [1.165, 1.54) is 12.1 Å². The average molecular weight is 864 g/mol. The first-order chi connectivity index (χ1) is 13.6. The first-order valence-electron chi connectivity index (χ1n) is 8.76. The maximum Gasteiger partial charge on any atom is 0.344 e. The van der Waals surface area contributed by atoms with Crippen LogP contribution in [0.25, 0.3) is 0 Å². The molecule has 0 amide bonds. The minimum Gasteiger partial charge on any atom is -0.423 e. The largest absolute Gasteiger partial charge is 0.423 e. The second kappa shape index (κ2) is 10.1. The third-order valence-corrected chi connectivity index (χ3v) is 13.0. The van der Waals surface area contributed by atoms with Gasteiger partial charge >= 0.3 is 5.97 Å². The Labute approximate surface area is 224 Å². The highest BCUT2D eigenvalue weighted by Crippen LogP contribution is 2.38. The summed E-state index contributed by atoms with van der Waals surface area (Å²) in [6, 6.07) is 6.13. The molecule has 2 aromatic carbocycles. The summed E-state index contributed by atoms with van der Waals surface area (Å²) in [6.07, 6.45) is 4.85. The van der Waals surface area contributed by atoms with Crippen LogP contribution in [0.5, 0.6) is 5.75 Å². The number of halogens is 4. The fraction of sp³-hybridized carbons (Fsp3) is 0.316. The number of hydrogen-bond donors (Lipinski definition) is 1. The van der Waals surface area contributed by atoms with Crippen molar-refractivity contribution in [1.82, 2.24) is 0 Å². The molecular weight excluding hydrogens is 848 g/mol. The molecule has 0 spiro atoms. The number of carbonyl (C=O) groups excluding carboxylic acids is 1. The van der Waals surface area contributed by atoms with Gasteiger partial charge in [0, 0.05) is 14.3 Å². The van der Waals surface area contributed by atoms with Gasteiger partial charge in [0.05, 0.1) is 10.5 Å². The lowest BCUT2D eigenvalue weighted by molar-refractivity contribution is 0.0733. The number of carbonyl (C=O) groups is 1. The molecule has 0 heterocycles. The van der Waals surface area contributed by atoms with Crippen molar-refractivity contribution in [3.63, 3.8) is 0 Å². The Kier molecular flexibility index (Phi) is 8.51. The first-order valence-corrected chi connectivity index (χ1v) is 14.5. The number of hydrogen-bond acceptors (Lipinski definition) is 4. The lowest BCUT2D eigenvalue weighted by Crippen LogP contribution is -2.14. The molecule has 1 aliphatic carbocycles. The van der Waals surface area contributed by atoms with E-state index >= 15 is 0 Å². The van der Waals surface area contributed by atoms with Gasteiger partial charge in [0.2, 0.25) is 0 Å². The summed E-state index contributed by atoms with van der Waals surface area (Å²) in [4.78, 5) is 12.7. The van der Waals surface area contributed by atoms with Gasteiger partial charge in [0.1, 0.15) is 5.75 Å². The van der Waals surface area contributed by atoms with E-state index in [2.05, 4.69) is 90.4 Å². The number of benzene rings is 2. The molecule has 2 aromatic rings. The second-order valence-corrected chi connectivity index (χ2v) is 12.5. The van der Waals surface area contributed by atoms with Crippen molar-refractivity contribution in [2.24, 2.45) is 0 Å². The Morgan fingerprint density at radius 3 is 2.24 bits per heavy atom. The summed E-state index contributed by atoms with van der Waals surface area (Å²) in [5.41, 5.74) is 0.997. The van der Waals surface area contributed by atoms with Gasteiger partial charge in [-0.1, -0.05) is 19.3 Å². The van der Waals surface area contributed by atoms with Crippen LogP contribution in [-0.4, -0.2) is 18.9 Å². The van der Waals surface area contributed by atoms with Gasteiger partial charge in [-0.3, -0.25) is 4.55 Å². The zero-order valence-corrected chi connectivity index (χ0v) is 24.4. The van der Waals surface area contributed by atoms with Crippen LogP contribution in [0, 0.1) is 14.3 Å². The van der Waals surface area contributed by atoms with Crippen molar-refractivity contribution >= 4 is 106 Å². The van der Waals surface area contributed by atoms with Crippen LogP contribution in [0.1, 0.15) is 53.9 Å². The topological polar surface area (TPSA) is 80.7 Å². The van der Waals surface area contributed by atoms with E-state index < -0.39 is 16.1 Å². The van der Waals surface area contributed by atoms with E-state index in [9.17, 15) is 17.8 Å². The van der Waals surface area contributed by atoms with E-state index in [0.29, 0.717) is 11.1 Å². The third-order valence-electron chi connectivity index (χ3n) is 4.84. The van der Waals surface area contributed by atoms with Crippen molar-refractivity contribution < 1.29 is 22.5 Å². The van der Waals surface area contributed by atoms with Crippen LogP contribution < -0.4 is 4.74 Å². The molecule has 0 saturated heterocycles. The van der Waals surface area contributed by atoms with Gasteiger partial charge in [-0.25, -0.2) is 4.79 Å². The molecule has 1 N–H and O–H groups in total. The highest BCUT2D eigenvalue weighted by Gasteiger charge is 2.25. The van der Waals surface area contributed by atoms with E-state index in [0.717, 1.165) is 46.4 Å². The van der Waals surface area contributed by atoms with E-state index in [-0.39, 0.29) is 16.6 Å². The predicted molar refractivity (Wildman–Crippen MR) is 144 cm³/mol. The average Bonchev–Trinajstić information content (AvgIpc) is 2.68. The Balaban J connectivity index is 1.97. The van der Waals surface area contributed by atoms with Crippen molar-refractivity contribution in [3.8, 4) is 5.75 Å². The third kappa shape index (κ3) is 5.76. The molecule has 0 aliphatic heterocycles. The van der Waals surface area contributed by atoms with Gasteiger partial charge in [0.15, 0.2) is 0 Å². The highest BCUT2D eigenvalue weighted by molar-refractivity contribution is 14.1. The van der Waals surface area contributed by atoms with Crippen molar-refractivity contribution in [2.75, 3.05) is 0 Å². The van der Waals surface area contributed by atoms with E-state index in [4.69, 9.17) is 4.74 Å². The van der Waals surface area contributed by atoms with Crippen LogP contribution in [0.3, 0.4) is 0 Å². The summed E-state index contributed by atoms with van der Waals surface area (Å²) < 4.78 is 42.8. The van der Waals surface area contributed by atoms with Gasteiger partial charge in [-0.15, -0.1) is 0 Å². The number of rotatable bonds is 4. The summed E-state index contributed by atoms with van der Waals surface area (Å²) >= 11 is 8.78. The number of esters is 1. The summed E-state index contributed by atoms with van der Waals surface area (Å²) in [6.45, 7) is 0. The molecule has 0 atom stereocenters. The Morgan fingerprint density at radius 2 is 1.62 bits per heavy atom. The minimum atomic E-state index is -4.35. The monoisotopic (exact) mass is 864 g/mol.